The summed E-state index contributed by atoms with van der Waals surface area (Å²) in [5, 5.41) is 4.49. The smallest absolute Gasteiger partial charge is 0.213 e. The fourth-order valence-electron chi connectivity index (χ4n) is 2.50. The molecule has 0 aliphatic carbocycles. The van der Waals surface area contributed by atoms with E-state index in [1.807, 2.05) is 28.4 Å². The van der Waals surface area contributed by atoms with Gasteiger partial charge in [0.1, 0.15) is 5.52 Å². The quantitative estimate of drug-likeness (QED) is 0.783. The first-order chi connectivity index (χ1) is 10.1. The highest BCUT2D eigenvalue weighted by Crippen LogP contribution is 2.23. The molecule has 2 N–H and O–H groups in total. The molecular weight excluding hydrogens is 268 g/mol. The van der Waals surface area contributed by atoms with Gasteiger partial charge in [0, 0.05) is 19.3 Å². The third kappa shape index (κ3) is 2.20. The molecule has 0 spiro atoms. The topological polar surface area (TPSA) is 83.8 Å². The van der Waals surface area contributed by atoms with Gasteiger partial charge >= 0.3 is 0 Å². The Balaban J connectivity index is 2.07. The van der Waals surface area contributed by atoms with E-state index in [9.17, 15) is 0 Å². The molecule has 0 saturated heterocycles. The molecule has 0 fully saturated rings. The summed E-state index contributed by atoms with van der Waals surface area (Å²) < 4.78 is 8.94. The minimum atomic E-state index is 0.489. The number of hydrogen-bond donors (Lipinski definition) is 1. The van der Waals surface area contributed by atoms with Crippen LogP contribution in [-0.4, -0.2) is 31.4 Å². The van der Waals surface area contributed by atoms with Gasteiger partial charge in [0.05, 0.1) is 19.3 Å². The number of fused-ring (bicyclic) bond motifs is 1. The second-order valence-corrected chi connectivity index (χ2v) is 4.86. The molecule has 0 aromatic carbocycles. The molecule has 3 aromatic rings. The van der Waals surface area contributed by atoms with Crippen LogP contribution < -0.4 is 10.5 Å². The molecule has 0 amide bonds. The average molecular weight is 286 g/mol. The Labute approximate surface area is 122 Å². The Morgan fingerprint density at radius 3 is 2.90 bits per heavy atom. The summed E-state index contributed by atoms with van der Waals surface area (Å²) in [4.78, 5) is 8.56. The molecule has 21 heavy (non-hydrogen) atoms. The van der Waals surface area contributed by atoms with Crippen molar-refractivity contribution in [2.75, 3.05) is 12.8 Å². The number of methoxy groups -OCH3 is 1. The van der Waals surface area contributed by atoms with E-state index >= 15 is 0 Å². The van der Waals surface area contributed by atoms with Crippen molar-refractivity contribution in [3.8, 4) is 5.88 Å². The second kappa shape index (κ2) is 5.08. The van der Waals surface area contributed by atoms with Crippen molar-refractivity contribution in [1.82, 2.24) is 24.3 Å². The molecule has 0 radical (unpaired) electrons. The van der Waals surface area contributed by atoms with Crippen molar-refractivity contribution in [3.63, 3.8) is 0 Å². The zero-order valence-electron chi connectivity index (χ0n) is 12.4. The molecule has 0 atom stereocenters. The maximum absolute atomic E-state index is 6.07. The lowest BCUT2D eigenvalue weighted by molar-refractivity contribution is 0.397. The lowest BCUT2D eigenvalue weighted by Crippen LogP contribution is -2.08. The van der Waals surface area contributed by atoms with Crippen LogP contribution in [0.1, 0.15) is 18.2 Å². The fourth-order valence-corrected chi connectivity index (χ4v) is 2.50. The third-order valence-corrected chi connectivity index (χ3v) is 3.50. The number of ether oxygens (including phenoxy) is 1. The molecule has 3 rings (SSSR count). The van der Waals surface area contributed by atoms with Crippen molar-refractivity contribution in [2.45, 2.75) is 19.9 Å². The van der Waals surface area contributed by atoms with Crippen molar-refractivity contribution in [3.05, 3.63) is 29.6 Å². The standard InChI is InChI=1S/C14H18N6O/c1-4-10-12-13(19(2)18-10)20(14(15)17-12)8-9-5-6-16-11(7-9)21-3/h5-7H,4,8H2,1-3H3,(H2,15,17). The van der Waals surface area contributed by atoms with Crippen molar-refractivity contribution >= 4 is 17.1 Å². The number of aryl methyl sites for hydroxylation is 2. The molecule has 7 nitrogen and oxygen atoms in total. The van der Waals surface area contributed by atoms with Crippen LogP contribution in [0.2, 0.25) is 0 Å². The summed E-state index contributed by atoms with van der Waals surface area (Å²) in [5.74, 6) is 1.07. The zero-order valence-corrected chi connectivity index (χ0v) is 12.4. The minimum Gasteiger partial charge on any atom is -0.481 e. The largest absolute Gasteiger partial charge is 0.481 e. The van der Waals surface area contributed by atoms with E-state index in [1.54, 1.807) is 13.3 Å². The minimum absolute atomic E-state index is 0.489. The number of rotatable bonds is 4. The monoisotopic (exact) mass is 286 g/mol. The summed E-state index contributed by atoms with van der Waals surface area (Å²) in [6.45, 7) is 2.66. The summed E-state index contributed by atoms with van der Waals surface area (Å²) in [6.07, 6.45) is 2.55. The molecule has 3 heterocycles. The van der Waals surface area contributed by atoms with Gasteiger partial charge in [-0.3, -0.25) is 9.25 Å². The number of aromatic nitrogens is 5. The second-order valence-electron chi connectivity index (χ2n) is 4.86. The summed E-state index contributed by atoms with van der Waals surface area (Å²) >= 11 is 0. The number of nitrogens with two attached hydrogens (primary N) is 1. The van der Waals surface area contributed by atoms with Gasteiger partial charge in [-0.05, 0) is 18.1 Å². The molecule has 0 unspecified atom stereocenters. The maximum Gasteiger partial charge on any atom is 0.213 e. The predicted octanol–water partition coefficient (Wildman–Crippen LogP) is 1.37. The van der Waals surface area contributed by atoms with E-state index in [0.717, 1.165) is 28.8 Å². The molecule has 110 valence electrons. The van der Waals surface area contributed by atoms with Gasteiger partial charge in [-0.25, -0.2) is 9.97 Å². The number of anilines is 1. The number of nitrogen functional groups attached to an aromatic ring is 1. The molecule has 3 aromatic heterocycles. The van der Waals surface area contributed by atoms with Crippen LogP contribution in [-0.2, 0) is 20.0 Å². The zero-order chi connectivity index (χ0) is 15.0. The Hall–Kier alpha value is -2.57. The molecule has 0 aliphatic rings. The van der Waals surface area contributed by atoms with Crippen molar-refractivity contribution < 1.29 is 4.74 Å². The van der Waals surface area contributed by atoms with Gasteiger partial charge in [-0.15, -0.1) is 0 Å². The number of hydrogen-bond acceptors (Lipinski definition) is 5. The molecule has 7 heteroatoms. The van der Waals surface area contributed by atoms with Crippen LogP contribution in [0.15, 0.2) is 18.3 Å². The molecule has 0 aliphatic heterocycles. The van der Waals surface area contributed by atoms with E-state index in [2.05, 4.69) is 22.0 Å². The van der Waals surface area contributed by atoms with E-state index in [4.69, 9.17) is 10.5 Å². The number of imidazole rings is 1. The first-order valence-electron chi connectivity index (χ1n) is 6.80. The van der Waals surface area contributed by atoms with Crippen molar-refractivity contribution in [2.24, 2.45) is 7.05 Å². The Morgan fingerprint density at radius 1 is 1.38 bits per heavy atom. The van der Waals surface area contributed by atoms with Gasteiger partial charge in [-0.1, -0.05) is 6.92 Å². The van der Waals surface area contributed by atoms with E-state index in [0.29, 0.717) is 18.4 Å². The summed E-state index contributed by atoms with van der Waals surface area (Å²) in [5.41, 5.74) is 9.89. The lowest BCUT2D eigenvalue weighted by atomic mass is 10.2. The van der Waals surface area contributed by atoms with Gasteiger partial charge in [0.25, 0.3) is 0 Å². The van der Waals surface area contributed by atoms with Crippen LogP contribution in [0.4, 0.5) is 5.95 Å². The van der Waals surface area contributed by atoms with Crippen LogP contribution in [0.25, 0.3) is 11.2 Å². The highest BCUT2D eigenvalue weighted by atomic mass is 16.5. The van der Waals surface area contributed by atoms with Gasteiger partial charge in [0.15, 0.2) is 5.65 Å². The van der Waals surface area contributed by atoms with Crippen LogP contribution in [0.5, 0.6) is 5.88 Å². The normalized spacial score (nSPS) is 11.2. The Kier molecular flexibility index (Phi) is 3.25. The van der Waals surface area contributed by atoms with Gasteiger partial charge in [-0.2, -0.15) is 5.10 Å². The van der Waals surface area contributed by atoms with E-state index < -0.39 is 0 Å². The predicted molar refractivity (Wildman–Crippen MR) is 80.2 cm³/mol. The molecule has 0 bridgehead atoms. The number of nitrogens with zero attached hydrogens (tertiary/aromatic N) is 5. The molecular formula is C14H18N6O. The van der Waals surface area contributed by atoms with Gasteiger partial charge < -0.3 is 10.5 Å². The maximum atomic E-state index is 6.07. The summed E-state index contributed by atoms with van der Waals surface area (Å²) in [6, 6.07) is 3.83. The van der Waals surface area contributed by atoms with Crippen LogP contribution >= 0.6 is 0 Å². The van der Waals surface area contributed by atoms with Gasteiger partial charge in [0.2, 0.25) is 11.8 Å². The first kappa shape index (κ1) is 13.4. The van der Waals surface area contributed by atoms with Crippen molar-refractivity contribution in [1.29, 1.82) is 0 Å². The fraction of sp³-hybridized carbons (Fsp3) is 0.357. The summed E-state index contributed by atoms with van der Waals surface area (Å²) in [7, 11) is 3.51. The van der Waals surface area contributed by atoms with E-state index in [-0.39, 0.29) is 0 Å². The third-order valence-electron chi connectivity index (χ3n) is 3.50. The Morgan fingerprint density at radius 2 is 2.19 bits per heavy atom. The highest BCUT2D eigenvalue weighted by molar-refractivity contribution is 5.77. The van der Waals surface area contributed by atoms with E-state index in [1.165, 1.54) is 0 Å². The Bertz CT molecular complexity index is 788. The first-order valence-corrected chi connectivity index (χ1v) is 6.80. The lowest BCUT2D eigenvalue weighted by Gasteiger charge is -2.08. The average Bonchev–Trinajstić information content (AvgIpc) is 2.97. The highest BCUT2D eigenvalue weighted by Gasteiger charge is 2.17. The van der Waals surface area contributed by atoms with Crippen LogP contribution in [0.3, 0.4) is 0 Å². The SMILES string of the molecule is CCc1nn(C)c2c1nc(N)n2Cc1ccnc(OC)c1. The molecule has 0 saturated carbocycles. The number of pyridine rings is 1. The van der Waals surface area contributed by atoms with Crippen LogP contribution in [0, 0.1) is 0 Å².